The number of hydrogen-bond donors (Lipinski definition) is 1. The van der Waals surface area contributed by atoms with Crippen molar-refractivity contribution in [3.63, 3.8) is 0 Å². The zero-order valence-corrected chi connectivity index (χ0v) is 8.87. The Morgan fingerprint density at radius 3 is 2.58 bits per heavy atom. The smallest absolute Gasteiger partial charge is 0.211 e. The second kappa shape index (κ2) is 4.12. The van der Waals surface area contributed by atoms with E-state index in [0.717, 1.165) is 0 Å². The van der Waals surface area contributed by atoms with Crippen molar-refractivity contribution in [1.82, 2.24) is 0 Å². The molecule has 0 saturated carbocycles. The highest BCUT2D eigenvalue weighted by Crippen LogP contribution is 2.33. The van der Waals surface area contributed by atoms with Gasteiger partial charge in [0.1, 0.15) is 0 Å². The lowest BCUT2D eigenvalue weighted by molar-refractivity contribution is -0.105. The van der Waals surface area contributed by atoms with Crippen LogP contribution in [-0.2, 0) is 4.79 Å². The summed E-state index contributed by atoms with van der Waals surface area (Å²) in [7, 11) is 0. The van der Waals surface area contributed by atoms with E-state index in [0.29, 0.717) is 26.6 Å². The van der Waals surface area contributed by atoms with E-state index in [1.165, 1.54) is 0 Å². The molecule has 1 rings (SSSR count). The van der Waals surface area contributed by atoms with Gasteiger partial charge in [0, 0.05) is 9.50 Å². The molecular formula is C7H4BrCl2NO. The Bertz CT molecular complexity index is 293. The van der Waals surface area contributed by atoms with Crippen LogP contribution >= 0.6 is 39.1 Å². The van der Waals surface area contributed by atoms with Gasteiger partial charge >= 0.3 is 0 Å². The monoisotopic (exact) mass is 267 g/mol. The van der Waals surface area contributed by atoms with E-state index in [1.54, 1.807) is 12.1 Å². The highest BCUT2D eigenvalue weighted by atomic mass is 79.9. The van der Waals surface area contributed by atoms with Gasteiger partial charge in [0.15, 0.2) is 0 Å². The maximum absolute atomic E-state index is 10.1. The van der Waals surface area contributed by atoms with Gasteiger partial charge in [0.05, 0.1) is 10.7 Å². The minimum atomic E-state index is 0.404. The zero-order chi connectivity index (χ0) is 9.14. The summed E-state index contributed by atoms with van der Waals surface area (Å²) in [6, 6.07) is 3.21. The number of amides is 1. The second-order valence-electron chi connectivity index (χ2n) is 2.01. The molecule has 1 aromatic carbocycles. The SMILES string of the molecule is O=CNc1c(Cl)cc(Cl)cc1Br. The van der Waals surface area contributed by atoms with Gasteiger partial charge in [-0.05, 0) is 28.1 Å². The summed E-state index contributed by atoms with van der Waals surface area (Å²) in [5.41, 5.74) is 0.524. The number of hydrogen-bond acceptors (Lipinski definition) is 1. The molecule has 1 aromatic rings. The first-order valence-electron chi connectivity index (χ1n) is 3.00. The molecule has 12 heavy (non-hydrogen) atoms. The van der Waals surface area contributed by atoms with Crippen LogP contribution in [0.2, 0.25) is 10.0 Å². The van der Waals surface area contributed by atoms with Crippen molar-refractivity contribution in [2.24, 2.45) is 0 Å². The topological polar surface area (TPSA) is 29.1 Å². The van der Waals surface area contributed by atoms with Crippen molar-refractivity contribution in [1.29, 1.82) is 0 Å². The fourth-order valence-electron chi connectivity index (χ4n) is 0.739. The van der Waals surface area contributed by atoms with Crippen LogP contribution in [0.4, 0.5) is 5.69 Å². The van der Waals surface area contributed by atoms with Crippen molar-refractivity contribution in [2.75, 3.05) is 5.32 Å². The van der Waals surface area contributed by atoms with Gasteiger partial charge in [-0.15, -0.1) is 0 Å². The van der Waals surface area contributed by atoms with Crippen molar-refractivity contribution < 1.29 is 4.79 Å². The molecule has 64 valence electrons. The van der Waals surface area contributed by atoms with Crippen molar-refractivity contribution in [3.8, 4) is 0 Å². The summed E-state index contributed by atoms with van der Waals surface area (Å²) >= 11 is 14.7. The van der Waals surface area contributed by atoms with Crippen LogP contribution in [0.25, 0.3) is 0 Å². The van der Waals surface area contributed by atoms with Gasteiger partial charge in [-0.25, -0.2) is 0 Å². The highest BCUT2D eigenvalue weighted by Gasteiger charge is 2.05. The maximum atomic E-state index is 10.1. The van der Waals surface area contributed by atoms with Crippen LogP contribution in [-0.4, -0.2) is 6.41 Å². The molecule has 1 amide bonds. The highest BCUT2D eigenvalue weighted by molar-refractivity contribution is 9.10. The van der Waals surface area contributed by atoms with Crippen LogP contribution in [0.3, 0.4) is 0 Å². The Labute approximate surface area is 88.0 Å². The largest absolute Gasteiger partial charge is 0.326 e. The van der Waals surface area contributed by atoms with Crippen LogP contribution in [0, 0.1) is 0 Å². The molecule has 0 unspecified atom stereocenters. The van der Waals surface area contributed by atoms with E-state index >= 15 is 0 Å². The predicted molar refractivity (Wildman–Crippen MR) is 53.8 cm³/mol. The second-order valence-corrected chi connectivity index (χ2v) is 3.70. The van der Waals surface area contributed by atoms with E-state index in [9.17, 15) is 4.79 Å². The number of carbonyl (C=O) groups is 1. The summed E-state index contributed by atoms with van der Waals surface area (Å²) in [4.78, 5) is 10.1. The van der Waals surface area contributed by atoms with Crippen molar-refractivity contribution in [2.45, 2.75) is 0 Å². The van der Waals surface area contributed by atoms with E-state index < -0.39 is 0 Å². The van der Waals surface area contributed by atoms with E-state index in [1.807, 2.05) is 0 Å². The van der Waals surface area contributed by atoms with Crippen LogP contribution in [0.15, 0.2) is 16.6 Å². The molecule has 0 bridgehead atoms. The third-order valence-electron chi connectivity index (χ3n) is 1.21. The normalized spacial score (nSPS) is 9.58. The number of carbonyl (C=O) groups excluding carboxylic acids is 1. The molecular weight excluding hydrogens is 265 g/mol. The number of benzene rings is 1. The van der Waals surface area contributed by atoms with Crippen LogP contribution < -0.4 is 5.32 Å². The third kappa shape index (κ3) is 2.12. The van der Waals surface area contributed by atoms with Crippen LogP contribution in [0.1, 0.15) is 0 Å². The fourth-order valence-corrected chi connectivity index (χ4v) is 2.11. The van der Waals surface area contributed by atoms with Crippen LogP contribution in [0.5, 0.6) is 0 Å². The van der Waals surface area contributed by atoms with Gasteiger partial charge < -0.3 is 5.32 Å². The molecule has 0 aliphatic heterocycles. The number of nitrogens with one attached hydrogen (secondary N) is 1. The minimum Gasteiger partial charge on any atom is -0.326 e. The average molecular weight is 269 g/mol. The standard InChI is InChI=1S/C7H4BrCl2NO/c8-5-1-4(9)2-6(10)7(5)11-3-12/h1-3H,(H,11,12). The average Bonchev–Trinajstić information content (AvgIpc) is 1.96. The third-order valence-corrected chi connectivity index (χ3v) is 2.35. The molecule has 0 aromatic heterocycles. The van der Waals surface area contributed by atoms with Gasteiger partial charge in [-0.1, -0.05) is 23.2 Å². The fraction of sp³-hybridized carbons (Fsp3) is 0. The first-order chi connectivity index (χ1) is 5.65. The van der Waals surface area contributed by atoms with Crippen molar-refractivity contribution in [3.05, 3.63) is 26.7 Å². The van der Waals surface area contributed by atoms with Gasteiger partial charge in [0.2, 0.25) is 6.41 Å². The summed E-state index contributed by atoms with van der Waals surface area (Å²) in [6.45, 7) is 0. The summed E-state index contributed by atoms with van der Waals surface area (Å²) < 4.78 is 0.659. The Hall–Kier alpha value is -0.250. The molecule has 1 N–H and O–H groups in total. The molecule has 0 radical (unpaired) electrons. The zero-order valence-electron chi connectivity index (χ0n) is 5.77. The van der Waals surface area contributed by atoms with Gasteiger partial charge in [-0.3, -0.25) is 4.79 Å². The Balaban J connectivity index is 3.18. The Morgan fingerprint density at radius 2 is 2.08 bits per heavy atom. The molecule has 0 aliphatic carbocycles. The molecule has 2 nitrogen and oxygen atoms in total. The van der Waals surface area contributed by atoms with E-state index in [2.05, 4.69) is 21.2 Å². The predicted octanol–water partition coefficient (Wildman–Crippen LogP) is 3.32. The number of halogens is 3. The lowest BCUT2D eigenvalue weighted by atomic mass is 10.3. The summed E-state index contributed by atoms with van der Waals surface area (Å²) in [6.07, 6.45) is 0.555. The Kier molecular flexibility index (Phi) is 3.38. The molecule has 5 heteroatoms. The van der Waals surface area contributed by atoms with E-state index in [-0.39, 0.29) is 0 Å². The lowest BCUT2D eigenvalue weighted by Crippen LogP contribution is -1.95. The molecule has 0 atom stereocenters. The van der Waals surface area contributed by atoms with Crippen molar-refractivity contribution >= 4 is 51.2 Å². The summed E-state index contributed by atoms with van der Waals surface area (Å²) in [5.74, 6) is 0. The lowest BCUT2D eigenvalue weighted by Gasteiger charge is -2.04. The first kappa shape index (κ1) is 9.84. The minimum absolute atomic E-state index is 0.404. The Morgan fingerprint density at radius 1 is 1.42 bits per heavy atom. The van der Waals surface area contributed by atoms with Gasteiger partial charge in [-0.2, -0.15) is 0 Å². The molecule has 0 aliphatic rings. The molecule has 0 fully saturated rings. The number of anilines is 1. The quantitative estimate of drug-likeness (QED) is 0.819. The summed E-state index contributed by atoms with van der Waals surface area (Å²) in [5, 5.41) is 3.37. The first-order valence-corrected chi connectivity index (χ1v) is 4.54. The number of rotatable bonds is 2. The molecule has 0 heterocycles. The molecule has 0 saturated heterocycles. The molecule has 0 spiro atoms. The van der Waals surface area contributed by atoms with Gasteiger partial charge in [0.25, 0.3) is 0 Å². The maximum Gasteiger partial charge on any atom is 0.211 e. The van der Waals surface area contributed by atoms with E-state index in [4.69, 9.17) is 23.2 Å².